The molecule has 0 unspecified atom stereocenters. The summed E-state index contributed by atoms with van der Waals surface area (Å²) in [6.07, 6.45) is 0.998. The van der Waals surface area contributed by atoms with Crippen molar-refractivity contribution in [1.29, 1.82) is 0 Å². The molecule has 0 aliphatic heterocycles. The normalized spacial score (nSPS) is 10.9. The van der Waals surface area contributed by atoms with E-state index < -0.39 is 0 Å². The lowest BCUT2D eigenvalue weighted by molar-refractivity contribution is 0.786. The molecule has 0 saturated heterocycles. The van der Waals surface area contributed by atoms with E-state index in [1.54, 1.807) is 0 Å². The first-order valence-electron chi connectivity index (χ1n) is 5.41. The van der Waals surface area contributed by atoms with Gasteiger partial charge < -0.3 is 5.32 Å². The molecule has 0 aliphatic rings. The molecule has 1 N–H and O–H groups in total. The molecule has 0 atom stereocenters. The highest BCUT2D eigenvalue weighted by molar-refractivity contribution is 6.35. The van der Waals surface area contributed by atoms with Crippen molar-refractivity contribution in [2.75, 3.05) is 13.6 Å². The van der Waals surface area contributed by atoms with Crippen molar-refractivity contribution in [1.82, 2.24) is 10.3 Å². The van der Waals surface area contributed by atoms with Crippen LogP contribution in [-0.4, -0.2) is 18.6 Å². The minimum atomic E-state index is 0.723. The van der Waals surface area contributed by atoms with Crippen LogP contribution in [0.15, 0.2) is 24.3 Å². The highest BCUT2D eigenvalue weighted by Gasteiger charge is 2.05. The Balaban J connectivity index is 2.50. The summed E-state index contributed by atoms with van der Waals surface area (Å²) in [7, 11) is 1.96. The van der Waals surface area contributed by atoms with Crippen LogP contribution in [0.25, 0.3) is 10.9 Å². The Hall–Kier alpha value is -1.12. The number of aryl methyl sites for hydroxylation is 1. The first kappa shape index (κ1) is 11.4. The van der Waals surface area contributed by atoms with Gasteiger partial charge in [-0.3, -0.25) is 4.98 Å². The molecule has 0 amide bonds. The van der Waals surface area contributed by atoms with Crippen molar-refractivity contribution in [3.05, 3.63) is 40.5 Å². The van der Waals surface area contributed by atoms with Gasteiger partial charge in [0.25, 0.3) is 0 Å². The minimum Gasteiger partial charge on any atom is -0.319 e. The van der Waals surface area contributed by atoms with Crippen molar-refractivity contribution in [2.24, 2.45) is 0 Å². The highest BCUT2D eigenvalue weighted by atomic mass is 35.5. The summed E-state index contributed by atoms with van der Waals surface area (Å²) in [6, 6.07) is 8.07. The Morgan fingerprint density at radius 2 is 2.19 bits per heavy atom. The zero-order valence-corrected chi connectivity index (χ0v) is 10.3. The summed E-state index contributed by atoms with van der Waals surface area (Å²) in [5.74, 6) is 0. The van der Waals surface area contributed by atoms with Crippen LogP contribution >= 0.6 is 11.6 Å². The molecule has 2 nitrogen and oxygen atoms in total. The fraction of sp³-hybridized carbons (Fsp3) is 0.308. The molecule has 84 valence electrons. The lowest BCUT2D eigenvalue weighted by Crippen LogP contribution is -2.11. The maximum absolute atomic E-state index is 6.11. The Morgan fingerprint density at radius 1 is 1.38 bits per heavy atom. The number of pyridine rings is 1. The van der Waals surface area contributed by atoms with Gasteiger partial charge >= 0.3 is 0 Å². The van der Waals surface area contributed by atoms with E-state index in [-0.39, 0.29) is 0 Å². The molecule has 0 radical (unpaired) electrons. The van der Waals surface area contributed by atoms with E-state index in [1.165, 1.54) is 5.56 Å². The van der Waals surface area contributed by atoms with Gasteiger partial charge in [-0.05, 0) is 44.6 Å². The second-order valence-corrected chi connectivity index (χ2v) is 4.31. The average molecular weight is 235 g/mol. The fourth-order valence-electron chi connectivity index (χ4n) is 1.81. The number of nitrogens with one attached hydrogen (secondary N) is 1. The topological polar surface area (TPSA) is 24.9 Å². The predicted molar refractivity (Wildman–Crippen MR) is 69.1 cm³/mol. The summed E-state index contributed by atoms with van der Waals surface area (Å²) in [5, 5.41) is 4.99. The summed E-state index contributed by atoms with van der Waals surface area (Å²) in [4.78, 5) is 4.57. The van der Waals surface area contributed by atoms with Gasteiger partial charge in [-0.25, -0.2) is 0 Å². The second kappa shape index (κ2) is 4.81. The van der Waals surface area contributed by atoms with E-state index in [1.807, 2.05) is 26.1 Å². The van der Waals surface area contributed by atoms with Crippen LogP contribution in [0, 0.1) is 6.92 Å². The fourth-order valence-corrected chi connectivity index (χ4v) is 2.03. The van der Waals surface area contributed by atoms with Gasteiger partial charge in [0.2, 0.25) is 0 Å². The van der Waals surface area contributed by atoms with Crippen LogP contribution in [0.4, 0.5) is 0 Å². The standard InChI is InChI=1S/C13H15ClN2/c1-9-10(6-7-15-2)8-11-4-3-5-12(14)13(11)16-9/h3-5,8,15H,6-7H2,1-2H3. The Kier molecular flexibility index (Phi) is 3.42. The van der Waals surface area contributed by atoms with Crippen molar-refractivity contribution in [3.63, 3.8) is 0 Å². The molecule has 1 aromatic carbocycles. The summed E-state index contributed by atoms with van der Waals surface area (Å²) >= 11 is 6.11. The van der Waals surface area contributed by atoms with E-state index in [2.05, 4.69) is 22.4 Å². The maximum Gasteiger partial charge on any atom is 0.0891 e. The van der Waals surface area contributed by atoms with Gasteiger partial charge in [0.15, 0.2) is 0 Å². The first-order valence-corrected chi connectivity index (χ1v) is 5.79. The number of para-hydroxylation sites is 1. The van der Waals surface area contributed by atoms with Gasteiger partial charge in [0.05, 0.1) is 10.5 Å². The minimum absolute atomic E-state index is 0.723. The van der Waals surface area contributed by atoms with Gasteiger partial charge in [-0.2, -0.15) is 0 Å². The van der Waals surface area contributed by atoms with Crippen LogP contribution in [0.2, 0.25) is 5.02 Å². The highest BCUT2D eigenvalue weighted by Crippen LogP contribution is 2.23. The molecule has 1 heterocycles. The number of aromatic nitrogens is 1. The Labute approximate surface area is 101 Å². The maximum atomic E-state index is 6.11. The SMILES string of the molecule is CNCCc1cc2cccc(Cl)c2nc1C. The van der Waals surface area contributed by atoms with Crippen molar-refractivity contribution >= 4 is 22.5 Å². The molecular weight excluding hydrogens is 220 g/mol. The third-order valence-corrected chi connectivity index (χ3v) is 3.04. The number of benzene rings is 1. The monoisotopic (exact) mass is 234 g/mol. The van der Waals surface area contributed by atoms with Gasteiger partial charge in [0, 0.05) is 11.1 Å². The van der Waals surface area contributed by atoms with E-state index in [0.717, 1.165) is 34.6 Å². The molecule has 0 saturated carbocycles. The predicted octanol–water partition coefficient (Wildman–Crippen LogP) is 2.96. The number of likely N-dealkylation sites (N-methyl/N-ethyl adjacent to an activating group) is 1. The van der Waals surface area contributed by atoms with Crippen molar-refractivity contribution in [2.45, 2.75) is 13.3 Å². The van der Waals surface area contributed by atoms with Crippen molar-refractivity contribution in [3.8, 4) is 0 Å². The van der Waals surface area contributed by atoms with Gasteiger partial charge in [0.1, 0.15) is 0 Å². The number of nitrogens with zero attached hydrogens (tertiary/aromatic N) is 1. The van der Waals surface area contributed by atoms with Crippen LogP contribution in [0.5, 0.6) is 0 Å². The first-order chi connectivity index (χ1) is 7.72. The van der Waals surface area contributed by atoms with Crippen molar-refractivity contribution < 1.29 is 0 Å². The molecule has 16 heavy (non-hydrogen) atoms. The quantitative estimate of drug-likeness (QED) is 0.883. The lowest BCUT2D eigenvalue weighted by atomic mass is 10.1. The van der Waals surface area contributed by atoms with Gasteiger partial charge in [-0.1, -0.05) is 23.7 Å². The van der Waals surface area contributed by atoms with E-state index in [9.17, 15) is 0 Å². The van der Waals surface area contributed by atoms with Crippen LogP contribution in [0.1, 0.15) is 11.3 Å². The molecule has 0 fully saturated rings. The molecule has 3 heteroatoms. The summed E-state index contributed by atoms with van der Waals surface area (Å²) in [5.41, 5.74) is 3.25. The third-order valence-electron chi connectivity index (χ3n) is 2.74. The molecule has 1 aromatic heterocycles. The molecule has 0 aliphatic carbocycles. The lowest BCUT2D eigenvalue weighted by Gasteiger charge is -2.08. The number of halogens is 1. The Bertz CT molecular complexity index is 509. The summed E-state index contributed by atoms with van der Waals surface area (Å²) < 4.78 is 0. The van der Waals surface area contributed by atoms with E-state index >= 15 is 0 Å². The number of rotatable bonds is 3. The third kappa shape index (κ3) is 2.18. The number of hydrogen-bond donors (Lipinski definition) is 1. The zero-order valence-electron chi connectivity index (χ0n) is 9.55. The average Bonchev–Trinajstić information content (AvgIpc) is 2.28. The molecule has 0 spiro atoms. The molecule has 2 rings (SSSR count). The number of hydrogen-bond acceptors (Lipinski definition) is 2. The molecule has 2 aromatic rings. The Morgan fingerprint density at radius 3 is 2.94 bits per heavy atom. The molecular formula is C13H15ClN2. The molecule has 0 bridgehead atoms. The smallest absolute Gasteiger partial charge is 0.0891 e. The van der Waals surface area contributed by atoms with Crippen LogP contribution in [-0.2, 0) is 6.42 Å². The van der Waals surface area contributed by atoms with Crippen LogP contribution < -0.4 is 5.32 Å². The summed E-state index contributed by atoms with van der Waals surface area (Å²) in [6.45, 7) is 3.00. The number of fused-ring (bicyclic) bond motifs is 1. The largest absolute Gasteiger partial charge is 0.319 e. The van der Waals surface area contributed by atoms with Crippen LogP contribution in [0.3, 0.4) is 0 Å². The van der Waals surface area contributed by atoms with E-state index in [0.29, 0.717) is 0 Å². The van der Waals surface area contributed by atoms with E-state index in [4.69, 9.17) is 11.6 Å². The van der Waals surface area contributed by atoms with Gasteiger partial charge in [-0.15, -0.1) is 0 Å². The second-order valence-electron chi connectivity index (χ2n) is 3.90. The zero-order chi connectivity index (χ0) is 11.5.